The predicted molar refractivity (Wildman–Crippen MR) is 78.0 cm³/mol. The molecule has 0 aliphatic heterocycles. The molecule has 1 aromatic carbocycles. The van der Waals surface area contributed by atoms with Crippen LogP contribution in [0, 0.1) is 0 Å². The van der Waals surface area contributed by atoms with E-state index in [1.165, 1.54) is 23.5 Å². The number of carbonyl (C=O) groups is 1. The van der Waals surface area contributed by atoms with Crippen molar-refractivity contribution in [2.24, 2.45) is 5.14 Å². The smallest absolute Gasteiger partial charge is 0.252 e. The summed E-state index contributed by atoms with van der Waals surface area (Å²) in [6.45, 7) is 1.83. The molecule has 0 aliphatic carbocycles. The molecule has 1 amide bonds. The van der Waals surface area contributed by atoms with Crippen LogP contribution in [0.2, 0.25) is 0 Å². The minimum absolute atomic E-state index is 0.0533. The third-order valence-electron chi connectivity index (χ3n) is 2.84. The highest BCUT2D eigenvalue weighted by Gasteiger charge is 2.13. The van der Waals surface area contributed by atoms with E-state index in [-0.39, 0.29) is 16.8 Å². The number of carbonyl (C=O) groups excluding carboxylic acids is 1. The first-order valence-electron chi connectivity index (χ1n) is 5.84. The Morgan fingerprint density at radius 1 is 1.25 bits per heavy atom. The van der Waals surface area contributed by atoms with Crippen molar-refractivity contribution in [2.45, 2.75) is 17.9 Å². The topological polar surface area (TPSA) is 89.3 Å². The van der Waals surface area contributed by atoms with Gasteiger partial charge in [0.2, 0.25) is 10.0 Å². The van der Waals surface area contributed by atoms with Gasteiger partial charge in [-0.25, -0.2) is 13.6 Å². The van der Waals surface area contributed by atoms with Crippen molar-refractivity contribution in [1.82, 2.24) is 5.32 Å². The normalized spacial score (nSPS) is 12.9. The molecule has 1 aromatic heterocycles. The van der Waals surface area contributed by atoms with Crippen molar-refractivity contribution >= 4 is 27.3 Å². The van der Waals surface area contributed by atoms with Crippen LogP contribution in [0.4, 0.5) is 0 Å². The van der Waals surface area contributed by atoms with Crippen molar-refractivity contribution in [3.05, 3.63) is 52.2 Å². The number of nitrogens with two attached hydrogens (primary N) is 1. The SMILES string of the molecule is CC(NC(=O)c1ccsc1)c1ccc(S(N)(=O)=O)cc1. The van der Waals surface area contributed by atoms with Gasteiger partial charge in [-0.15, -0.1) is 0 Å². The molecule has 0 saturated heterocycles. The third kappa shape index (κ3) is 3.44. The molecular weight excluding hydrogens is 296 g/mol. The second-order valence-electron chi connectivity index (χ2n) is 4.32. The molecule has 2 rings (SSSR count). The number of primary sulfonamides is 1. The monoisotopic (exact) mass is 310 g/mol. The zero-order valence-electron chi connectivity index (χ0n) is 10.7. The lowest BCUT2D eigenvalue weighted by Gasteiger charge is -2.14. The van der Waals surface area contributed by atoms with Crippen LogP contribution >= 0.6 is 11.3 Å². The van der Waals surface area contributed by atoms with E-state index in [1.54, 1.807) is 23.6 Å². The van der Waals surface area contributed by atoms with Crippen LogP contribution in [0.15, 0.2) is 46.0 Å². The molecule has 1 heterocycles. The van der Waals surface area contributed by atoms with Gasteiger partial charge in [0, 0.05) is 5.38 Å². The lowest BCUT2D eigenvalue weighted by Crippen LogP contribution is -2.26. The summed E-state index contributed by atoms with van der Waals surface area (Å²) in [7, 11) is -3.69. The van der Waals surface area contributed by atoms with Gasteiger partial charge in [0.05, 0.1) is 16.5 Å². The molecule has 0 spiro atoms. The fourth-order valence-corrected chi connectivity index (χ4v) is 2.85. The Kier molecular flexibility index (Phi) is 4.22. The van der Waals surface area contributed by atoms with Crippen LogP contribution in [0.5, 0.6) is 0 Å². The standard InChI is InChI=1S/C13H14N2O3S2/c1-9(15-13(16)11-6-7-19-8-11)10-2-4-12(5-3-10)20(14,17)18/h2-9H,1H3,(H,15,16)(H2,14,17,18). The van der Waals surface area contributed by atoms with Gasteiger partial charge in [-0.3, -0.25) is 4.79 Å². The number of rotatable bonds is 4. The van der Waals surface area contributed by atoms with Crippen molar-refractivity contribution in [3.63, 3.8) is 0 Å². The highest BCUT2D eigenvalue weighted by atomic mass is 32.2. The summed E-state index contributed by atoms with van der Waals surface area (Å²) in [5, 5.41) is 11.5. The number of hydrogen-bond acceptors (Lipinski definition) is 4. The van der Waals surface area contributed by atoms with E-state index in [0.29, 0.717) is 5.56 Å². The predicted octanol–water partition coefficient (Wildman–Crippen LogP) is 1.89. The van der Waals surface area contributed by atoms with E-state index >= 15 is 0 Å². The molecule has 1 unspecified atom stereocenters. The van der Waals surface area contributed by atoms with Gasteiger partial charge in [0.1, 0.15) is 0 Å². The van der Waals surface area contributed by atoms with E-state index in [9.17, 15) is 13.2 Å². The molecule has 7 heteroatoms. The molecule has 0 radical (unpaired) electrons. The summed E-state index contributed by atoms with van der Waals surface area (Å²) in [6.07, 6.45) is 0. The lowest BCUT2D eigenvalue weighted by molar-refractivity contribution is 0.0940. The number of hydrogen-bond donors (Lipinski definition) is 2. The number of thiophene rings is 1. The van der Waals surface area contributed by atoms with E-state index < -0.39 is 10.0 Å². The minimum Gasteiger partial charge on any atom is -0.345 e. The van der Waals surface area contributed by atoms with Gasteiger partial charge in [0.25, 0.3) is 5.91 Å². The second kappa shape index (κ2) is 5.74. The van der Waals surface area contributed by atoms with Gasteiger partial charge >= 0.3 is 0 Å². The zero-order chi connectivity index (χ0) is 14.8. The first kappa shape index (κ1) is 14.7. The summed E-state index contributed by atoms with van der Waals surface area (Å²) < 4.78 is 22.3. The van der Waals surface area contributed by atoms with Gasteiger partial charge in [0.15, 0.2) is 0 Å². The molecule has 2 aromatic rings. The van der Waals surface area contributed by atoms with Gasteiger partial charge in [-0.2, -0.15) is 11.3 Å². The molecule has 0 fully saturated rings. The van der Waals surface area contributed by atoms with Crippen molar-refractivity contribution in [2.75, 3.05) is 0 Å². The largest absolute Gasteiger partial charge is 0.345 e. The summed E-state index contributed by atoms with van der Waals surface area (Å²) in [6, 6.07) is 7.65. The van der Waals surface area contributed by atoms with Crippen molar-refractivity contribution in [3.8, 4) is 0 Å². The number of benzene rings is 1. The maximum atomic E-state index is 11.9. The molecule has 0 aliphatic rings. The molecule has 5 nitrogen and oxygen atoms in total. The van der Waals surface area contributed by atoms with Crippen molar-refractivity contribution in [1.29, 1.82) is 0 Å². The molecule has 106 valence electrons. The Morgan fingerprint density at radius 3 is 2.40 bits per heavy atom. The van der Waals surface area contributed by atoms with Crippen molar-refractivity contribution < 1.29 is 13.2 Å². The Hall–Kier alpha value is -1.70. The summed E-state index contributed by atoms with van der Waals surface area (Å²) in [5.41, 5.74) is 1.42. The third-order valence-corrected chi connectivity index (χ3v) is 4.45. The van der Waals surface area contributed by atoms with Crippen LogP contribution in [0.25, 0.3) is 0 Å². The number of sulfonamides is 1. The maximum Gasteiger partial charge on any atom is 0.252 e. The Bertz CT molecular complexity index is 692. The first-order chi connectivity index (χ1) is 9.38. The molecular formula is C13H14N2O3S2. The van der Waals surface area contributed by atoms with E-state index in [0.717, 1.165) is 5.56 Å². The van der Waals surface area contributed by atoms with Gasteiger partial charge in [-0.05, 0) is 36.1 Å². The average Bonchev–Trinajstić information content (AvgIpc) is 2.91. The summed E-state index contributed by atoms with van der Waals surface area (Å²) >= 11 is 1.45. The van der Waals surface area contributed by atoms with Gasteiger partial charge < -0.3 is 5.32 Å². The Labute approximate surface area is 121 Å². The maximum absolute atomic E-state index is 11.9. The number of nitrogens with one attached hydrogen (secondary N) is 1. The van der Waals surface area contributed by atoms with Crippen LogP contribution in [-0.4, -0.2) is 14.3 Å². The van der Waals surface area contributed by atoms with E-state index in [4.69, 9.17) is 5.14 Å². The Morgan fingerprint density at radius 2 is 1.90 bits per heavy atom. The molecule has 0 bridgehead atoms. The molecule has 3 N–H and O–H groups in total. The fraction of sp³-hybridized carbons (Fsp3) is 0.154. The minimum atomic E-state index is -3.69. The first-order valence-corrected chi connectivity index (χ1v) is 8.32. The van der Waals surface area contributed by atoms with Crippen LogP contribution in [-0.2, 0) is 10.0 Å². The zero-order valence-corrected chi connectivity index (χ0v) is 12.4. The van der Waals surface area contributed by atoms with E-state index in [1.807, 2.05) is 12.3 Å². The summed E-state index contributed by atoms with van der Waals surface area (Å²) in [5.74, 6) is -0.158. The fourth-order valence-electron chi connectivity index (χ4n) is 1.70. The summed E-state index contributed by atoms with van der Waals surface area (Å²) in [4.78, 5) is 11.9. The molecule has 20 heavy (non-hydrogen) atoms. The van der Waals surface area contributed by atoms with E-state index in [2.05, 4.69) is 5.32 Å². The second-order valence-corrected chi connectivity index (χ2v) is 6.66. The highest BCUT2D eigenvalue weighted by Crippen LogP contribution is 2.16. The lowest BCUT2D eigenvalue weighted by atomic mass is 10.1. The molecule has 0 saturated carbocycles. The van der Waals surface area contributed by atoms with Crippen LogP contribution < -0.4 is 10.5 Å². The highest BCUT2D eigenvalue weighted by molar-refractivity contribution is 7.89. The number of amides is 1. The quantitative estimate of drug-likeness (QED) is 0.903. The average molecular weight is 310 g/mol. The van der Waals surface area contributed by atoms with Crippen LogP contribution in [0.3, 0.4) is 0 Å². The molecule has 1 atom stereocenters. The van der Waals surface area contributed by atoms with Crippen LogP contribution in [0.1, 0.15) is 28.9 Å². The van der Waals surface area contributed by atoms with Gasteiger partial charge in [-0.1, -0.05) is 12.1 Å². The Balaban J connectivity index is 2.10.